The highest BCUT2D eigenvalue weighted by molar-refractivity contribution is 7.91. The van der Waals surface area contributed by atoms with Crippen molar-refractivity contribution in [3.05, 3.63) is 78.0 Å². The molecule has 2 aromatic heterocycles. The van der Waals surface area contributed by atoms with Crippen LogP contribution in [0.5, 0.6) is 5.75 Å². The van der Waals surface area contributed by atoms with Crippen molar-refractivity contribution in [2.24, 2.45) is 0 Å². The molecule has 2 aromatic carbocycles. The molecule has 5 rings (SSSR count). The smallest absolute Gasteiger partial charge is 0.266 e. The van der Waals surface area contributed by atoms with Gasteiger partial charge in [0.05, 0.1) is 11.2 Å². The molecule has 186 valence electrons. The molecule has 1 fully saturated rings. The Hall–Kier alpha value is -3.76. The first kappa shape index (κ1) is 24.0. The summed E-state index contributed by atoms with van der Waals surface area (Å²) in [6.07, 6.45) is 1.46. The summed E-state index contributed by atoms with van der Waals surface area (Å²) in [5.41, 5.74) is 0. The van der Waals surface area contributed by atoms with Gasteiger partial charge in [-0.25, -0.2) is 8.42 Å². The van der Waals surface area contributed by atoms with E-state index in [9.17, 15) is 13.2 Å². The lowest BCUT2D eigenvalue weighted by Gasteiger charge is -2.34. The Morgan fingerprint density at radius 3 is 2.36 bits per heavy atom. The Morgan fingerprint density at radius 2 is 1.69 bits per heavy atom. The first-order valence-corrected chi connectivity index (χ1v) is 13.0. The molecule has 0 radical (unpaired) electrons. The zero-order chi connectivity index (χ0) is 25.1. The molecule has 9 nitrogen and oxygen atoms in total. The molecule has 0 saturated carbocycles. The van der Waals surface area contributed by atoms with E-state index in [1.54, 1.807) is 64.4 Å². The highest BCUT2D eigenvalue weighted by Gasteiger charge is 2.34. The van der Waals surface area contributed by atoms with Gasteiger partial charge >= 0.3 is 0 Å². The number of oxazole rings is 1. The van der Waals surface area contributed by atoms with Crippen LogP contribution in [0.25, 0.3) is 11.7 Å². The molecule has 1 aliphatic heterocycles. The van der Waals surface area contributed by atoms with Crippen LogP contribution in [-0.4, -0.2) is 57.0 Å². The van der Waals surface area contributed by atoms with E-state index in [2.05, 4.69) is 4.98 Å². The Kier molecular flexibility index (Phi) is 6.71. The number of ether oxygens (including phenoxy) is 1. The van der Waals surface area contributed by atoms with Crippen molar-refractivity contribution in [3.63, 3.8) is 0 Å². The second-order valence-electron chi connectivity index (χ2n) is 8.03. The number of amides is 1. The number of carbonyl (C=O) groups is 1. The summed E-state index contributed by atoms with van der Waals surface area (Å²) in [6.45, 7) is 1.34. The van der Waals surface area contributed by atoms with E-state index in [1.807, 2.05) is 0 Å². The van der Waals surface area contributed by atoms with E-state index >= 15 is 0 Å². The van der Waals surface area contributed by atoms with Gasteiger partial charge in [-0.2, -0.15) is 4.98 Å². The maximum Gasteiger partial charge on any atom is 0.266 e. The van der Waals surface area contributed by atoms with Crippen molar-refractivity contribution in [1.29, 1.82) is 0 Å². The third-order valence-electron chi connectivity index (χ3n) is 5.71. The van der Waals surface area contributed by atoms with Gasteiger partial charge in [-0.15, -0.1) is 0 Å². The Balaban J connectivity index is 1.33. The predicted octanol–water partition coefficient (Wildman–Crippen LogP) is 4.15. The minimum Gasteiger partial charge on any atom is -0.484 e. The number of piperazine rings is 1. The highest BCUT2D eigenvalue weighted by atomic mass is 35.5. The van der Waals surface area contributed by atoms with Crippen LogP contribution >= 0.6 is 11.6 Å². The lowest BCUT2D eigenvalue weighted by molar-refractivity contribution is -0.133. The summed E-state index contributed by atoms with van der Waals surface area (Å²) in [5, 5.41) is 0.395. The summed E-state index contributed by atoms with van der Waals surface area (Å²) in [7, 11) is -3.96. The molecule has 4 aromatic rings. The predicted molar refractivity (Wildman–Crippen MR) is 132 cm³/mol. The number of hydrogen-bond acceptors (Lipinski definition) is 8. The number of benzene rings is 2. The SMILES string of the molecule is O=C(COc1ccc(Cl)cc1)N1CCN(c2oc(-c3ccco3)nc2S(=O)(=O)c2ccccc2)CC1. The van der Waals surface area contributed by atoms with E-state index in [0.29, 0.717) is 42.7 Å². The molecule has 0 aliphatic carbocycles. The molecule has 0 atom stereocenters. The topological polar surface area (TPSA) is 106 Å². The third-order valence-corrected chi connectivity index (χ3v) is 7.63. The fourth-order valence-electron chi connectivity index (χ4n) is 3.82. The van der Waals surface area contributed by atoms with Crippen LogP contribution in [0.2, 0.25) is 5.02 Å². The molecule has 0 bridgehead atoms. The van der Waals surface area contributed by atoms with Gasteiger partial charge in [0.2, 0.25) is 20.7 Å². The number of anilines is 1. The highest BCUT2D eigenvalue weighted by Crippen LogP contribution is 2.35. The normalized spacial score (nSPS) is 14.1. The van der Waals surface area contributed by atoms with Crippen LogP contribution in [0.1, 0.15) is 0 Å². The van der Waals surface area contributed by atoms with Crippen LogP contribution in [0, 0.1) is 0 Å². The molecular formula is C25H22ClN3O6S. The largest absolute Gasteiger partial charge is 0.484 e. The van der Waals surface area contributed by atoms with E-state index in [4.69, 9.17) is 25.2 Å². The molecule has 0 N–H and O–H groups in total. The molecular weight excluding hydrogens is 506 g/mol. The molecule has 36 heavy (non-hydrogen) atoms. The van der Waals surface area contributed by atoms with Crippen molar-refractivity contribution in [2.45, 2.75) is 9.92 Å². The zero-order valence-corrected chi connectivity index (χ0v) is 20.6. The van der Waals surface area contributed by atoms with Crippen LogP contribution in [0.3, 0.4) is 0 Å². The fraction of sp³-hybridized carbons (Fsp3) is 0.200. The van der Waals surface area contributed by atoms with E-state index < -0.39 is 9.84 Å². The van der Waals surface area contributed by atoms with Crippen molar-refractivity contribution in [2.75, 3.05) is 37.7 Å². The van der Waals surface area contributed by atoms with Gasteiger partial charge in [0.25, 0.3) is 11.8 Å². The summed E-state index contributed by atoms with van der Waals surface area (Å²) < 4.78 is 43.7. The molecule has 0 unspecified atom stereocenters. The number of sulfone groups is 1. The van der Waals surface area contributed by atoms with Gasteiger partial charge in [0, 0.05) is 31.2 Å². The first-order valence-electron chi connectivity index (χ1n) is 11.2. The second-order valence-corrected chi connectivity index (χ2v) is 10.3. The Bertz CT molecular complexity index is 1430. The minimum atomic E-state index is -3.96. The Morgan fingerprint density at radius 1 is 0.972 bits per heavy atom. The lowest BCUT2D eigenvalue weighted by atomic mass is 10.3. The Labute approximate surface area is 212 Å². The lowest BCUT2D eigenvalue weighted by Crippen LogP contribution is -2.50. The van der Waals surface area contributed by atoms with Crippen molar-refractivity contribution < 1.29 is 26.8 Å². The summed E-state index contributed by atoms with van der Waals surface area (Å²) in [5.74, 6) is 0.887. The first-order chi connectivity index (χ1) is 17.4. The number of furan rings is 1. The minimum absolute atomic E-state index is 0.0689. The van der Waals surface area contributed by atoms with Gasteiger partial charge in [0.1, 0.15) is 5.75 Å². The number of halogens is 1. The number of hydrogen-bond donors (Lipinski definition) is 0. The second kappa shape index (κ2) is 10.1. The van der Waals surface area contributed by atoms with Crippen LogP contribution in [0.4, 0.5) is 5.88 Å². The van der Waals surface area contributed by atoms with Crippen LogP contribution in [0.15, 0.2) is 91.7 Å². The molecule has 0 spiro atoms. The number of rotatable bonds is 7. The molecule has 1 aliphatic rings. The summed E-state index contributed by atoms with van der Waals surface area (Å²) in [4.78, 5) is 20.5. The summed E-state index contributed by atoms with van der Waals surface area (Å²) in [6, 6.07) is 18.1. The number of nitrogens with zero attached hydrogens (tertiary/aromatic N) is 3. The van der Waals surface area contributed by atoms with E-state index in [-0.39, 0.29) is 34.2 Å². The van der Waals surface area contributed by atoms with Crippen molar-refractivity contribution >= 4 is 33.2 Å². The van der Waals surface area contributed by atoms with Crippen LogP contribution < -0.4 is 9.64 Å². The zero-order valence-electron chi connectivity index (χ0n) is 19.0. The van der Waals surface area contributed by atoms with Crippen molar-refractivity contribution in [1.82, 2.24) is 9.88 Å². The van der Waals surface area contributed by atoms with Gasteiger partial charge in [-0.3, -0.25) is 4.79 Å². The van der Waals surface area contributed by atoms with Gasteiger partial charge in [-0.1, -0.05) is 29.8 Å². The molecule has 11 heteroatoms. The summed E-state index contributed by atoms with van der Waals surface area (Å²) >= 11 is 5.87. The monoisotopic (exact) mass is 527 g/mol. The molecule has 3 heterocycles. The van der Waals surface area contributed by atoms with E-state index in [1.165, 1.54) is 18.4 Å². The van der Waals surface area contributed by atoms with Gasteiger partial charge in [0.15, 0.2) is 12.4 Å². The molecule has 1 amide bonds. The third kappa shape index (κ3) is 4.95. The maximum atomic E-state index is 13.4. The van der Waals surface area contributed by atoms with Gasteiger partial charge in [-0.05, 0) is 48.5 Å². The fourth-order valence-corrected chi connectivity index (χ4v) is 5.28. The van der Waals surface area contributed by atoms with E-state index in [0.717, 1.165) is 0 Å². The van der Waals surface area contributed by atoms with Crippen LogP contribution in [-0.2, 0) is 14.6 Å². The maximum absolute atomic E-state index is 13.4. The van der Waals surface area contributed by atoms with Crippen molar-refractivity contribution in [3.8, 4) is 17.4 Å². The van der Waals surface area contributed by atoms with Gasteiger partial charge < -0.3 is 23.4 Å². The number of aromatic nitrogens is 1. The number of carbonyl (C=O) groups excluding carboxylic acids is 1. The standard InChI is InChI=1S/C25H22ClN3O6S/c26-18-8-10-19(11-9-18)34-17-22(30)28-12-14-29(15-13-28)25-24(27-23(35-25)21-7-4-16-33-21)36(31,32)20-5-2-1-3-6-20/h1-11,16H,12-15,17H2. The quantitative estimate of drug-likeness (QED) is 0.353. The average molecular weight is 528 g/mol. The molecule has 1 saturated heterocycles. The average Bonchev–Trinajstić information content (AvgIpc) is 3.60.